The molecule has 1 fully saturated rings. The summed E-state index contributed by atoms with van der Waals surface area (Å²) in [5.41, 5.74) is 0. The van der Waals surface area contributed by atoms with Crippen LogP contribution in [-0.4, -0.2) is 36.3 Å². The van der Waals surface area contributed by atoms with Crippen molar-refractivity contribution in [2.24, 2.45) is 5.92 Å². The standard InChI is InChI=1S/C16H17FN2O3/c1-22-14-8-11-2-5-18-15(12(11)9-13(14)17)19-6-3-10(4-7-19)16(20)21/h2,5,8-10H,3-4,6-7H2,1H3,(H,20,21). The Hall–Kier alpha value is -2.37. The molecule has 1 aromatic carbocycles. The Morgan fingerprint density at radius 1 is 1.41 bits per heavy atom. The summed E-state index contributed by atoms with van der Waals surface area (Å²) < 4.78 is 19.0. The molecule has 1 aliphatic heterocycles. The lowest BCUT2D eigenvalue weighted by Crippen LogP contribution is -2.36. The molecule has 0 bridgehead atoms. The van der Waals surface area contributed by atoms with Crippen molar-refractivity contribution >= 4 is 22.6 Å². The average molecular weight is 304 g/mol. The number of pyridine rings is 1. The highest BCUT2D eigenvalue weighted by Gasteiger charge is 2.26. The number of carboxylic acids is 1. The highest BCUT2D eigenvalue weighted by molar-refractivity contribution is 5.93. The number of fused-ring (bicyclic) bond motifs is 1. The van der Waals surface area contributed by atoms with Crippen LogP contribution < -0.4 is 9.64 Å². The van der Waals surface area contributed by atoms with Crippen molar-refractivity contribution in [2.75, 3.05) is 25.1 Å². The van der Waals surface area contributed by atoms with Crippen LogP contribution in [0.25, 0.3) is 10.8 Å². The maximum atomic E-state index is 14.0. The number of anilines is 1. The SMILES string of the molecule is COc1cc2ccnc(N3CCC(C(=O)O)CC3)c2cc1F. The molecule has 1 N–H and O–H groups in total. The fourth-order valence-corrected chi connectivity index (χ4v) is 2.91. The van der Waals surface area contributed by atoms with Gasteiger partial charge in [-0.15, -0.1) is 0 Å². The van der Waals surface area contributed by atoms with E-state index in [1.165, 1.54) is 13.2 Å². The number of aromatic nitrogens is 1. The molecule has 6 heteroatoms. The van der Waals surface area contributed by atoms with E-state index in [1.54, 1.807) is 12.3 Å². The summed E-state index contributed by atoms with van der Waals surface area (Å²) in [5, 5.41) is 10.6. The van der Waals surface area contributed by atoms with Gasteiger partial charge in [0.1, 0.15) is 5.82 Å². The summed E-state index contributed by atoms with van der Waals surface area (Å²) in [7, 11) is 1.43. The van der Waals surface area contributed by atoms with Crippen LogP contribution in [-0.2, 0) is 4.79 Å². The van der Waals surface area contributed by atoms with Crippen LogP contribution in [0.15, 0.2) is 24.4 Å². The third-order valence-electron chi connectivity index (χ3n) is 4.16. The normalized spacial score (nSPS) is 16.0. The number of nitrogens with zero attached hydrogens (tertiary/aromatic N) is 2. The number of ether oxygens (including phenoxy) is 1. The topological polar surface area (TPSA) is 62.7 Å². The minimum atomic E-state index is -0.749. The number of hydrogen-bond donors (Lipinski definition) is 1. The Labute approximate surface area is 127 Å². The molecule has 0 saturated carbocycles. The molecule has 3 rings (SSSR count). The number of hydrogen-bond acceptors (Lipinski definition) is 4. The molecule has 0 amide bonds. The maximum Gasteiger partial charge on any atom is 0.306 e. The predicted octanol–water partition coefficient (Wildman–Crippen LogP) is 2.68. The summed E-state index contributed by atoms with van der Waals surface area (Å²) >= 11 is 0. The van der Waals surface area contributed by atoms with Crippen molar-refractivity contribution in [2.45, 2.75) is 12.8 Å². The maximum absolute atomic E-state index is 14.0. The first-order valence-electron chi connectivity index (χ1n) is 7.20. The van der Waals surface area contributed by atoms with E-state index >= 15 is 0 Å². The summed E-state index contributed by atoms with van der Waals surface area (Å²) in [4.78, 5) is 17.4. The fraction of sp³-hybridized carbons (Fsp3) is 0.375. The number of halogens is 1. The van der Waals surface area contributed by atoms with Gasteiger partial charge >= 0.3 is 5.97 Å². The van der Waals surface area contributed by atoms with Gasteiger partial charge in [-0.05, 0) is 36.4 Å². The zero-order valence-electron chi connectivity index (χ0n) is 12.3. The van der Waals surface area contributed by atoms with Gasteiger partial charge in [0.15, 0.2) is 11.6 Å². The lowest BCUT2D eigenvalue weighted by molar-refractivity contribution is -0.142. The molecule has 1 aromatic heterocycles. The second-order valence-corrected chi connectivity index (χ2v) is 5.44. The molecule has 22 heavy (non-hydrogen) atoms. The third kappa shape index (κ3) is 2.56. The van der Waals surface area contributed by atoms with Gasteiger partial charge < -0.3 is 14.7 Å². The lowest BCUT2D eigenvalue weighted by Gasteiger charge is -2.31. The van der Waals surface area contributed by atoms with Gasteiger partial charge in [0, 0.05) is 24.7 Å². The van der Waals surface area contributed by atoms with Crippen LogP contribution in [0.4, 0.5) is 10.2 Å². The number of benzene rings is 1. The minimum Gasteiger partial charge on any atom is -0.494 e. The van der Waals surface area contributed by atoms with Crippen molar-refractivity contribution < 1.29 is 19.0 Å². The number of carboxylic acid groups (broad SMARTS) is 1. The molecule has 0 aliphatic carbocycles. The first kappa shape index (κ1) is 14.6. The van der Waals surface area contributed by atoms with E-state index < -0.39 is 11.8 Å². The van der Waals surface area contributed by atoms with Crippen LogP contribution in [0.1, 0.15) is 12.8 Å². The molecule has 0 spiro atoms. The van der Waals surface area contributed by atoms with E-state index in [0.717, 1.165) is 10.8 Å². The molecule has 2 aromatic rings. The molecule has 116 valence electrons. The summed E-state index contributed by atoms with van der Waals surface area (Å²) in [5.74, 6) is -0.578. The second-order valence-electron chi connectivity index (χ2n) is 5.44. The van der Waals surface area contributed by atoms with Gasteiger partial charge in [-0.2, -0.15) is 0 Å². The molecule has 0 atom stereocenters. The van der Waals surface area contributed by atoms with E-state index in [-0.39, 0.29) is 11.7 Å². The van der Waals surface area contributed by atoms with E-state index in [2.05, 4.69) is 4.98 Å². The van der Waals surface area contributed by atoms with E-state index in [4.69, 9.17) is 9.84 Å². The lowest BCUT2D eigenvalue weighted by atomic mass is 9.97. The van der Waals surface area contributed by atoms with Crippen molar-refractivity contribution in [1.82, 2.24) is 4.98 Å². The molecule has 5 nitrogen and oxygen atoms in total. The smallest absolute Gasteiger partial charge is 0.306 e. The van der Waals surface area contributed by atoms with Crippen LogP contribution in [0, 0.1) is 11.7 Å². The Balaban J connectivity index is 1.94. The quantitative estimate of drug-likeness (QED) is 0.944. The van der Waals surface area contributed by atoms with E-state index in [1.807, 2.05) is 11.0 Å². The van der Waals surface area contributed by atoms with Crippen molar-refractivity contribution in [3.05, 3.63) is 30.2 Å². The largest absolute Gasteiger partial charge is 0.494 e. The number of rotatable bonds is 3. The molecule has 0 radical (unpaired) electrons. The fourth-order valence-electron chi connectivity index (χ4n) is 2.91. The summed E-state index contributed by atoms with van der Waals surface area (Å²) in [6, 6.07) is 4.89. The summed E-state index contributed by atoms with van der Waals surface area (Å²) in [6.07, 6.45) is 2.83. The van der Waals surface area contributed by atoms with E-state index in [9.17, 15) is 9.18 Å². The van der Waals surface area contributed by atoms with Crippen LogP contribution >= 0.6 is 0 Å². The molecular weight excluding hydrogens is 287 g/mol. The first-order chi connectivity index (χ1) is 10.6. The zero-order chi connectivity index (χ0) is 15.7. The Kier molecular flexibility index (Phi) is 3.83. The van der Waals surface area contributed by atoms with Crippen molar-refractivity contribution in [1.29, 1.82) is 0 Å². The van der Waals surface area contributed by atoms with Crippen LogP contribution in [0.2, 0.25) is 0 Å². The van der Waals surface area contributed by atoms with Gasteiger partial charge in [-0.1, -0.05) is 0 Å². The predicted molar refractivity (Wildman–Crippen MR) is 80.8 cm³/mol. The highest BCUT2D eigenvalue weighted by Crippen LogP contribution is 2.32. The Morgan fingerprint density at radius 2 is 2.14 bits per heavy atom. The Bertz CT molecular complexity index is 712. The van der Waals surface area contributed by atoms with Gasteiger partial charge in [0.2, 0.25) is 0 Å². The average Bonchev–Trinajstić information content (AvgIpc) is 2.53. The highest BCUT2D eigenvalue weighted by atomic mass is 19.1. The molecule has 2 heterocycles. The third-order valence-corrected chi connectivity index (χ3v) is 4.16. The second kappa shape index (κ2) is 5.79. The summed E-state index contributed by atoms with van der Waals surface area (Å²) in [6.45, 7) is 1.22. The molecule has 1 saturated heterocycles. The van der Waals surface area contributed by atoms with Crippen LogP contribution in [0.5, 0.6) is 5.75 Å². The zero-order valence-corrected chi connectivity index (χ0v) is 12.3. The van der Waals surface area contributed by atoms with Crippen LogP contribution in [0.3, 0.4) is 0 Å². The first-order valence-corrected chi connectivity index (χ1v) is 7.20. The number of aliphatic carboxylic acids is 1. The minimum absolute atomic E-state index is 0.203. The van der Waals surface area contributed by atoms with Crippen molar-refractivity contribution in [3.8, 4) is 5.75 Å². The Morgan fingerprint density at radius 3 is 2.77 bits per heavy atom. The van der Waals surface area contributed by atoms with Gasteiger partial charge in [0.25, 0.3) is 0 Å². The van der Waals surface area contributed by atoms with Gasteiger partial charge in [-0.25, -0.2) is 9.37 Å². The van der Waals surface area contributed by atoms with Gasteiger partial charge in [-0.3, -0.25) is 4.79 Å². The number of methoxy groups -OCH3 is 1. The monoisotopic (exact) mass is 304 g/mol. The molecule has 0 unspecified atom stereocenters. The van der Waals surface area contributed by atoms with Crippen molar-refractivity contribution in [3.63, 3.8) is 0 Å². The van der Waals surface area contributed by atoms with E-state index in [0.29, 0.717) is 31.7 Å². The van der Waals surface area contributed by atoms with Gasteiger partial charge in [0.05, 0.1) is 13.0 Å². The number of piperidine rings is 1. The number of carbonyl (C=O) groups is 1. The molecule has 1 aliphatic rings. The molecular formula is C16H17FN2O3.